The topological polar surface area (TPSA) is 84.4 Å². The summed E-state index contributed by atoms with van der Waals surface area (Å²) in [7, 11) is -3.19. The van der Waals surface area contributed by atoms with Gasteiger partial charge in [-0.05, 0) is 25.2 Å². The zero-order valence-corrected chi connectivity index (χ0v) is 14.1. The first-order valence-corrected chi connectivity index (χ1v) is 9.94. The van der Waals surface area contributed by atoms with Crippen LogP contribution in [0, 0.1) is 5.92 Å². The fourth-order valence-corrected chi connectivity index (χ4v) is 4.37. The van der Waals surface area contributed by atoms with Gasteiger partial charge in [0.15, 0.2) is 0 Å². The molecule has 8 heteroatoms. The molecule has 1 saturated carbocycles. The van der Waals surface area contributed by atoms with Crippen molar-refractivity contribution in [2.24, 2.45) is 5.92 Å². The van der Waals surface area contributed by atoms with Gasteiger partial charge >= 0.3 is 0 Å². The number of nitrogens with one attached hydrogen (secondary N) is 1. The van der Waals surface area contributed by atoms with Gasteiger partial charge in [0.2, 0.25) is 16.0 Å². The highest BCUT2D eigenvalue weighted by Gasteiger charge is 2.47. The van der Waals surface area contributed by atoms with E-state index >= 15 is 0 Å². The number of hydrogen-bond donors (Lipinski definition) is 1. The summed E-state index contributed by atoms with van der Waals surface area (Å²) in [6.45, 7) is 2.90. The van der Waals surface area contributed by atoms with Crippen LogP contribution in [0.15, 0.2) is 6.20 Å². The molecule has 0 unspecified atom stereocenters. The lowest BCUT2D eigenvalue weighted by atomic mass is 9.81. The zero-order valence-electron chi connectivity index (χ0n) is 13.3. The molecule has 0 bridgehead atoms. The standard InChI is InChI=1S/C15H22N4O3S/c1-23(20,21)19-5-4-15(9-19)10-22-8-12-7-17-14(18-13(12)15)16-6-11-2-3-11/h7,11H,2-6,8-10H2,1H3,(H,16,17,18)/t15-/m0/s1. The number of anilines is 1. The minimum atomic E-state index is -3.19. The van der Waals surface area contributed by atoms with Crippen LogP contribution in [0.3, 0.4) is 0 Å². The van der Waals surface area contributed by atoms with E-state index in [4.69, 9.17) is 9.72 Å². The molecule has 0 aromatic carbocycles. The fourth-order valence-electron chi connectivity index (χ4n) is 3.47. The Balaban J connectivity index is 1.62. The molecule has 23 heavy (non-hydrogen) atoms. The van der Waals surface area contributed by atoms with Crippen molar-refractivity contribution in [1.29, 1.82) is 0 Å². The Bertz CT molecular complexity index is 719. The normalized spacial score (nSPS) is 28.0. The summed E-state index contributed by atoms with van der Waals surface area (Å²) in [5.41, 5.74) is 1.60. The minimum Gasteiger partial charge on any atom is -0.376 e. The minimum absolute atomic E-state index is 0.338. The molecule has 0 radical (unpaired) electrons. The average molecular weight is 338 g/mol. The van der Waals surface area contributed by atoms with Crippen molar-refractivity contribution in [1.82, 2.24) is 14.3 Å². The number of hydrogen-bond acceptors (Lipinski definition) is 6. The van der Waals surface area contributed by atoms with Gasteiger partial charge < -0.3 is 10.1 Å². The van der Waals surface area contributed by atoms with Crippen LogP contribution >= 0.6 is 0 Å². The number of aromatic nitrogens is 2. The number of rotatable bonds is 4. The number of nitrogens with zero attached hydrogens (tertiary/aromatic N) is 3. The van der Waals surface area contributed by atoms with E-state index in [2.05, 4.69) is 10.3 Å². The molecule has 1 N–H and O–H groups in total. The second kappa shape index (κ2) is 5.39. The molecule has 3 aliphatic rings. The Hall–Kier alpha value is -1.25. The predicted molar refractivity (Wildman–Crippen MR) is 85.6 cm³/mol. The lowest BCUT2D eigenvalue weighted by Gasteiger charge is -2.34. The fraction of sp³-hybridized carbons (Fsp3) is 0.733. The summed E-state index contributed by atoms with van der Waals surface area (Å²) in [5, 5.41) is 3.31. The second-order valence-corrected chi connectivity index (χ2v) is 8.99. The van der Waals surface area contributed by atoms with Gasteiger partial charge in [0.1, 0.15) is 0 Å². The maximum absolute atomic E-state index is 11.9. The van der Waals surface area contributed by atoms with Gasteiger partial charge in [-0.1, -0.05) is 0 Å². The Kier molecular flexibility index (Phi) is 3.58. The summed E-state index contributed by atoms with van der Waals surface area (Å²) in [4.78, 5) is 9.12. The number of sulfonamides is 1. The van der Waals surface area contributed by atoms with Crippen LogP contribution in [0.4, 0.5) is 5.95 Å². The first-order chi connectivity index (χ1) is 11.0. The van der Waals surface area contributed by atoms with Crippen LogP contribution in [0.25, 0.3) is 0 Å². The Morgan fingerprint density at radius 2 is 2.30 bits per heavy atom. The Morgan fingerprint density at radius 1 is 1.48 bits per heavy atom. The van der Waals surface area contributed by atoms with Gasteiger partial charge in [-0.3, -0.25) is 0 Å². The molecule has 2 aliphatic heterocycles. The molecular formula is C15H22N4O3S. The van der Waals surface area contributed by atoms with E-state index in [0.717, 1.165) is 30.1 Å². The van der Waals surface area contributed by atoms with Crippen molar-refractivity contribution in [2.75, 3.05) is 37.8 Å². The number of ether oxygens (including phenoxy) is 1. The third-order valence-electron chi connectivity index (χ3n) is 5.04. The smallest absolute Gasteiger partial charge is 0.222 e. The van der Waals surface area contributed by atoms with Crippen LogP contribution in [0.5, 0.6) is 0 Å². The summed E-state index contributed by atoms with van der Waals surface area (Å²) in [5.74, 6) is 1.40. The molecule has 126 valence electrons. The summed E-state index contributed by atoms with van der Waals surface area (Å²) >= 11 is 0. The summed E-state index contributed by atoms with van der Waals surface area (Å²) in [6.07, 6.45) is 6.38. The molecule has 1 spiro atoms. The SMILES string of the molecule is CS(=O)(=O)N1CC[C@@]2(COCc3cnc(NCC4CC4)nc32)C1. The lowest BCUT2D eigenvalue weighted by molar-refractivity contribution is 0.0532. The summed E-state index contributed by atoms with van der Waals surface area (Å²) in [6, 6.07) is 0. The molecule has 1 saturated heterocycles. The van der Waals surface area contributed by atoms with E-state index < -0.39 is 10.0 Å². The van der Waals surface area contributed by atoms with Gasteiger partial charge in [-0.15, -0.1) is 0 Å². The molecule has 1 aliphatic carbocycles. The highest BCUT2D eigenvalue weighted by molar-refractivity contribution is 7.88. The van der Waals surface area contributed by atoms with Crippen molar-refractivity contribution in [2.45, 2.75) is 31.3 Å². The van der Waals surface area contributed by atoms with E-state index in [1.54, 1.807) is 0 Å². The Morgan fingerprint density at radius 3 is 3.00 bits per heavy atom. The van der Waals surface area contributed by atoms with Gasteiger partial charge in [-0.2, -0.15) is 0 Å². The maximum Gasteiger partial charge on any atom is 0.222 e. The van der Waals surface area contributed by atoms with E-state index in [1.165, 1.54) is 23.4 Å². The van der Waals surface area contributed by atoms with Crippen LogP contribution in [-0.4, -0.2) is 55.2 Å². The highest BCUT2D eigenvalue weighted by atomic mass is 32.2. The molecule has 1 aromatic rings. The number of fused-ring (bicyclic) bond motifs is 2. The zero-order chi connectivity index (χ0) is 16.1. The first-order valence-electron chi connectivity index (χ1n) is 8.09. The summed E-state index contributed by atoms with van der Waals surface area (Å²) < 4.78 is 31.0. The van der Waals surface area contributed by atoms with E-state index in [1.807, 2.05) is 6.20 Å². The van der Waals surface area contributed by atoms with Crippen molar-refractivity contribution < 1.29 is 13.2 Å². The second-order valence-electron chi connectivity index (χ2n) is 7.01. The molecular weight excluding hydrogens is 316 g/mol. The third-order valence-corrected chi connectivity index (χ3v) is 6.29. The molecule has 2 fully saturated rings. The molecule has 1 atom stereocenters. The molecule has 7 nitrogen and oxygen atoms in total. The highest BCUT2D eigenvalue weighted by Crippen LogP contribution is 2.40. The predicted octanol–water partition coefficient (Wildman–Crippen LogP) is 0.732. The van der Waals surface area contributed by atoms with Gasteiger partial charge in [0.25, 0.3) is 0 Å². The van der Waals surface area contributed by atoms with E-state index in [0.29, 0.717) is 32.3 Å². The maximum atomic E-state index is 11.9. The van der Waals surface area contributed by atoms with Crippen molar-refractivity contribution >= 4 is 16.0 Å². The monoisotopic (exact) mass is 338 g/mol. The average Bonchev–Trinajstić information content (AvgIpc) is 3.24. The Labute approximate surface area is 136 Å². The molecule has 4 rings (SSSR count). The van der Waals surface area contributed by atoms with Crippen molar-refractivity contribution in [3.8, 4) is 0 Å². The van der Waals surface area contributed by atoms with Crippen LogP contribution < -0.4 is 5.32 Å². The first kappa shape index (κ1) is 15.3. The van der Waals surface area contributed by atoms with E-state index in [9.17, 15) is 8.42 Å². The van der Waals surface area contributed by atoms with Crippen LogP contribution in [0.2, 0.25) is 0 Å². The van der Waals surface area contributed by atoms with Gasteiger partial charge in [0.05, 0.1) is 30.6 Å². The molecule has 3 heterocycles. The van der Waals surface area contributed by atoms with Crippen LogP contribution in [0.1, 0.15) is 30.5 Å². The van der Waals surface area contributed by atoms with Gasteiger partial charge in [0, 0.05) is 31.4 Å². The molecule has 1 aromatic heterocycles. The van der Waals surface area contributed by atoms with E-state index in [-0.39, 0.29) is 5.41 Å². The van der Waals surface area contributed by atoms with Crippen molar-refractivity contribution in [3.63, 3.8) is 0 Å². The quantitative estimate of drug-likeness (QED) is 0.871. The third kappa shape index (κ3) is 2.95. The largest absolute Gasteiger partial charge is 0.376 e. The van der Waals surface area contributed by atoms with Crippen molar-refractivity contribution in [3.05, 3.63) is 17.5 Å². The van der Waals surface area contributed by atoms with Gasteiger partial charge in [-0.25, -0.2) is 22.7 Å². The van der Waals surface area contributed by atoms with Crippen LogP contribution in [-0.2, 0) is 26.8 Å². The molecule has 0 amide bonds. The lowest BCUT2D eigenvalue weighted by Crippen LogP contribution is -2.41.